The van der Waals surface area contributed by atoms with Crippen molar-refractivity contribution in [3.05, 3.63) is 51.3 Å². The van der Waals surface area contributed by atoms with E-state index in [0.29, 0.717) is 0 Å². The molecule has 0 bridgehead atoms. The van der Waals surface area contributed by atoms with Crippen LogP contribution >= 0.6 is 15.9 Å². The molecule has 0 aliphatic heterocycles. The van der Waals surface area contributed by atoms with E-state index in [-0.39, 0.29) is 12.1 Å². The number of aromatic nitrogens is 2. The first-order valence-corrected chi connectivity index (χ1v) is 7.24. The zero-order valence-electron chi connectivity index (χ0n) is 11.8. The van der Waals surface area contributed by atoms with Crippen molar-refractivity contribution < 1.29 is 0 Å². The van der Waals surface area contributed by atoms with Crippen LogP contribution in [0.2, 0.25) is 0 Å². The molecule has 1 aromatic carbocycles. The molecule has 0 aliphatic rings. The minimum atomic E-state index is -0.00685. The van der Waals surface area contributed by atoms with Crippen molar-refractivity contribution in [2.45, 2.75) is 39.8 Å². The number of rotatable bonds is 3. The van der Waals surface area contributed by atoms with Gasteiger partial charge in [-0.05, 0) is 49.2 Å². The molecule has 0 aliphatic carbocycles. The van der Waals surface area contributed by atoms with Crippen LogP contribution in [-0.2, 0) is 0 Å². The lowest BCUT2D eigenvalue weighted by molar-refractivity contribution is 0.443. The molecule has 1 heterocycles. The van der Waals surface area contributed by atoms with Crippen LogP contribution in [0.5, 0.6) is 0 Å². The number of aryl methyl sites for hydroxylation is 2. The molecular weight excluding hydrogens is 302 g/mol. The van der Waals surface area contributed by atoms with Gasteiger partial charge in [0.05, 0.1) is 21.9 Å². The van der Waals surface area contributed by atoms with Gasteiger partial charge in [0.15, 0.2) is 0 Å². The Bertz CT molecular complexity index is 570. The lowest BCUT2D eigenvalue weighted by Crippen LogP contribution is -2.31. The predicted molar refractivity (Wildman–Crippen MR) is 82.4 cm³/mol. The molecule has 19 heavy (non-hydrogen) atoms. The van der Waals surface area contributed by atoms with E-state index in [9.17, 15) is 0 Å². The van der Waals surface area contributed by atoms with Gasteiger partial charge in [0.25, 0.3) is 0 Å². The Morgan fingerprint density at radius 1 is 1.16 bits per heavy atom. The molecule has 1 aromatic heterocycles. The summed E-state index contributed by atoms with van der Waals surface area (Å²) in [5.74, 6) is 0. The SMILES string of the molecule is Cc1ccc(C(C(C)N)n2nc(C)c(Br)c2C)cc1. The van der Waals surface area contributed by atoms with Crippen LogP contribution in [0.25, 0.3) is 0 Å². The number of nitrogens with zero attached hydrogens (tertiary/aromatic N) is 2. The van der Waals surface area contributed by atoms with Crippen LogP contribution in [0, 0.1) is 20.8 Å². The molecule has 0 amide bonds. The van der Waals surface area contributed by atoms with Gasteiger partial charge in [0.1, 0.15) is 0 Å². The maximum Gasteiger partial charge on any atom is 0.0920 e. The second-order valence-corrected chi connectivity index (χ2v) is 5.94. The number of halogens is 1. The fourth-order valence-electron chi connectivity index (χ4n) is 2.34. The van der Waals surface area contributed by atoms with E-state index in [2.05, 4.69) is 59.1 Å². The number of hydrogen-bond acceptors (Lipinski definition) is 2. The van der Waals surface area contributed by atoms with Crippen molar-refractivity contribution in [3.8, 4) is 0 Å². The van der Waals surface area contributed by atoms with Crippen molar-refractivity contribution in [2.24, 2.45) is 5.73 Å². The van der Waals surface area contributed by atoms with E-state index in [0.717, 1.165) is 15.9 Å². The van der Waals surface area contributed by atoms with Gasteiger partial charge in [0.2, 0.25) is 0 Å². The second kappa shape index (κ2) is 5.47. The number of hydrogen-bond donors (Lipinski definition) is 1. The molecule has 4 heteroatoms. The molecule has 102 valence electrons. The zero-order valence-corrected chi connectivity index (χ0v) is 13.4. The molecule has 0 fully saturated rings. The normalized spacial score (nSPS) is 14.4. The van der Waals surface area contributed by atoms with Crippen LogP contribution in [0.3, 0.4) is 0 Å². The third-order valence-corrected chi connectivity index (χ3v) is 4.56. The van der Waals surface area contributed by atoms with Crippen LogP contribution < -0.4 is 5.73 Å². The molecule has 2 aromatic rings. The molecule has 0 radical (unpaired) electrons. The third kappa shape index (κ3) is 2.74. The summed E-state index contributed by atoms with van der Waals surface area (Å²) in [4.78, 5) is 0. The minimum Gasteiger partial charge on any atom is -0.326 e. The lowest BCUT2D eigenvalue weighted by Gasteiger charge is -2.23. The maximum absolute atomic E-state index is 6.19. The Labute approximate surface area is 122 Å². The molecule has 2 atom stereocenters. The average Bonchev–Trinajstić information content (AvgIpc) is 2.60. The highest BCUT2D eigenvalue weighted by molar-refractivity contribution is 9.10. The fraction of sp³-hybridized carbons (Fsp3) is 0.400. The van der Waals surface area contributed by atoms with Crippen molar-refractivity contribution >= 4 is 15.9 Å². The summed E-state index contributed by atoms with van der Waals surface area (Å²) in [6.07, 6.45) is 0. The van der Waals surface area contributed by atoms with Crippen LogP contribution in [0.15, 0.2) is 28.7 Å². The topological polar surface area (TPSA) is 43.8 Å². The van der Waals surface area contributed by atoms with Crippen molar-refractivity contribution in [3.63, 3.8) is 0 Å². The smallest absolute Gasteiger partial charge is 0.0920 e. The summed E-state index contributed by atoms with van der Waals surface area (Å²) < 4.78 is 3.08. The fourth-order valence-corrected chi connectivity index (χ4v) is 2.61. The maximum atomic E-state index is 6.19. The van der Waals surface area contributed by atoms with Crippen LogP contribution in [0.1, 0.15) is 35.5 Å². The Morgan fingerprint density at radius 2 is 1.74 bits per heavy atom. The molecule has 0 saturated carbocycles. The van der Waals surface area contributed by atoms with Gasteiger partial charge in [0, 0.05) is 6.04 Å². The summed E-state index contributed by atoms with van der Waals surface area (Å²) >= 11 is 3.58. The van der Waals surface area contributed by atoms with Crippen LogP contribution in [0.4, 0.5) is 0 Å². The lowest BCUT2D eigenvalue weighted by atomic mass is 10.00. The van der Waals surface area contributed by atoms with Gasteiger partial charge in [-0.3, -0.25) is 4.68 Å². The summed E-state index contributed by atoms with van der Waals surface area (Å²) in [5.41, 5.74) is 10.7. The summed E-state index contributed by atoms with van der Waals surface area (Å²) in [7, 11) is 0. The summed E-state index contributed by atoms with van der Waals surface area (Å²) in [5, 5.41) is 4.62. The summed E-state index contributed by atoms with van der Waals surface area (Å²) in [6.45, 7) is 8.17. The van der Waals surface area contributed by atoms with Crippen molar-refractivity contribution in [1.29, 1.82) is 0 Å². The minimum absolute atomic E-state index is 0.00685. The van der Waals surface area contributed by atoms with E-state index in [1.54, 1.807) is 0 Å². The third-order valence-electron chi connectivity index (χ3n) is 3.42. The van der Waals surface area contributed by atoms with Crippen molar-refractivity contribution in [2.75, 3.05) is 0 Å². The predicted octanol–water partition coefficient (Wildman–Crippen LogP) is 3.51. The highest BCUT2D eigenvalue weighted by atomic mass is 79.9. The zero-order chi connectivity index (χ0) is 14.2. The number of benzene rings is 1. The second-order valence-electron chi connectivity index (χ2n) is 5.14. The molecule has 0 spiro atoms. The molecule has 3 nitrogen and oxygen atoms in total. The molecule has 2 N–H and O–H groups in total. The van der Waals surface area contributed by atoms with E-state index >= 15 is 0 Å². The molecule has 2 rings (SSSR count). The first kappa shape index (κ1) is 14.3. The Kier molecular flexibility index (Phi) is 4.11. The van der Waals surface area contributed by atoms with E-state index in [1.807, 2.05) is 18.5 Å². The average molecular weight is 322 g/mol. The van der Waals surface area contributed by atoms with Gasteiger partial charge in [-0.15, -0.1) is 0 Å². The number of nitrogens with two attached hydrogens (primary N) is 1. The largest absolute Gasteiger partial charge is 0.326 e. The quantitative estimate of drug-likeness (QED) is 0.940. The molecular formula is C15H20BrN3. The first-order chi connectivity index (χ1) is 8.91. The Hall–Kier alpha value is -1.13. The first-order valence-electron chi connectivity index (χ1n) is 6.45. The molecule has 0 saturated heterocycles. The highest BCUT2D eigenvalue weighted by Gasteiger charge is 2.22. The van der Waals surface area contributed by atoms with E-state index < -0.39 is 0 Å². The van der Waals surface area contributed by atoms with Gasteiger partial charge in [-0.2, -0.15) is 5.10 Å². The van der Waals surface area contributed by atoms with Crippen molar-refractivity contribution in [1.82, 2.24) is 9.78 Å². The van der Waals surface area contributed by atoms with E-state index in [1.165, 1.54) is 11.1 Å². The highest BCUT2D eigenvalue weighted by Crippen LogP contribution is 2.28. The van der Waals surface area contributed by atoms with Gasteiger partial charge >= 0.3 is 0 Å². The summed E-state index contributed by atoms with van der Waals surface area (Å²) in [6, 6.07) is 8.55. The van der Waals surface area contributed by atoms with Crippen LogP contribution in [-0.4, -0.2) is 15.8 Å². The Morgan fingerprint density at radius 3 is 2.16 bits per heavy atom. The molecule has 2 unspecified atom stereocenters. The standard InChI is InChI=1S/C15H20BrN3/c1-9-5-7-13(8-6-9)15(10(2)17)19-12(4)14(16)11(3)18-19/h5-8,10,15H,17H2,1-4H3. The van der Waals surface area contributed by atoms with Gasteiger partial charge in [-0.25, -0.2) is 0 Å². The Balaban J connectivity index is 2.51. The van der Waals surface area contributed by atoms with Gasteiger partial charge in [-0.1, -0.05) is 29.8 Å². The van der Waals surface area contributed by atoms with Gasteiger partial charge < -0.3 is 5.73 Å². The van der Waals surface area contributed by atoms with E-state index in [4.69, 9.17) is 5.73 Å². The monoisotopic (exact) mass is 321 g/mol.